The fraction of sp³-hybridized carbons (Fsp3) is 0.750. The summed E-state index contributed by atoms with van der Waals surface area (Å²) in [5.74, 6) is 0.279. The van der Waals surface area contributed by atoms with Gasteiger partial charge in [0.25, 0.3) is 0 Å². The van der Waals surface area contributed by atoms with Gasteiger partial charge < -0.3 is 5.73 Å². The second-order valence-corrected chi connectivity index (χ2v) is 5.57. The standard InChI is InChI=1S/C8H14N4OS/c1-14(13)8(3-2-4-8)5-12-6-10-7(9)11-12/h6H,2-5H2,1H3,(H2,9,11). The molecule has 5 nitrogen and oxygen atoms in total. The van der Waals surface area contributed by atoms with Gasteiger partial charge in [-0.3, -0.25) is 4.21 Å². The molecule has 0 aromatic carbocycles. The summed E-state index contributed by atoms with van der Waals surface area (Å²) in [7, 11) is -0.803. The fourth-order valence-corrected chi connectivity index (χ4v) is 2.97. The van der Waals surface area contributed by atoms with Gasteiger partial charge in [0, 0.05) is 17.1 Å². The van der Waals surface area contributed by atoms with Gasteiger partial charge in [-0.2, -0.15) is 0 Å². The number of nitrogens with zero attached hydrogens (tertiary/aromatic N) is 3. The Kier molecular flexibility index (Phi) is 2.30. The first-order chi connectivity index (χ1) is 6.62. The van der Waals surface area contributed by atoms with Crippen LogP contribution in [-0.4, -0.2) is 30.0 Å². The average Bonchev–Trinajstić information content (AvgIpc) is 2.43. The Hall–Kier alpha value is -0.910. The van der Waals surface area contributed by atoms with Crippen LogP contribution in [0.4, 0.5) is 5.95 Å². The molecular weight excluding hydrogens is 200 g/mol. The van der Waals surface area contributed by atoms with Crippen molar-refractivity contribution in [1.82, 2.24) is 14.8 Å². The lowest BCUT2D eigenvalue weighted by Gasteiger charge is -2.39. The zero-order valence-corrected chi connectivity index (χ0v) is 8.96. The predicted octanol–water partition coefficient (Wildman–Crippen LogP) is 0.161. The summed E-state index contributed by atoms with van der Waals surface area (Å²) < 4.78 is 13.2. The minimum absolute atomic E-state index is 0.0832. The highest BCUT2D eigenvalue weighted by atomic mass is 32.2. The molecule has 6 heteroatoms. The van der Waals surface area contributed by atoms with Crippen LogP contribution in [0.25, 0.3) is 0 Å². The van der Waals surface area contributed by atoms with Crippen molar-refractivity contribution in [1.29, 1.82) is 0 Å². The highest BCUT2D eigenvalue weighted by Gasteiger charge is 2.41. The molecule has 1 atom stereocenters. The van der Waals surface area contributed by atoms with Crippen molar-refractivity contribution < 1.29 is 4.21 Å². The topological polar surface area (TPSA) is 73.8 Å². The number of hydrogen-bond acceptors (Lipinski definition) is 4. The van der Waals surface area contributed by atoms with Gasteiger partial charge >= 0.3 is 0 Å². The summed E-state index contributed by atoms with van der Waals surface area (Å²) in [4.78, 5) is 3.85. The molecule has 1 saturated carbocycles. The second kappa shape index (κ2) is 3.34. The fourth-order valence-electron chi connectivity index (χ4n) is 1.79. The molecule has 1 aromatic heterocycles. The quantitative estimate of drug-likeness (QED) is 0.778. The van der Waals surface area contributed by atoms with Crippen molar-refractivity contribution in [2.24, 2.45) is 0 Å². The van der Waals surface area contributed by atoms with Crippen LogP contribution in [-0.2, 0) is 17.3 Å². The van der Waals surface area contributed by atoms with E-state index in [1.807, 2.05) is 0 Å². The van der Waals surface area contributed by atoms with E-state index in [2.05, 4.69) is 10.1 Å². The Morgan fingerprint density at radius 1 is 1.71 bits per heavy atom. The van der Waals surface area contributed by atoms with Gasteiger partial charge in [0.05, 0.1) is 11.3 Å². The van der Waals surface area contributed by atoms with E-state index in [4.69, 9.17) is 5.73 Å². The van der Waals surface area contributed by atoms with Crippen LogP contribution in [0.1, 0.15) is 19.3 Å². The number of anilines is 1. The van der Waals surface area contributed by atoms with E-state index in [0.717, 1.165) is 19.3 Å². The van der Waals surface area contributed by atoms with E-state index in [1.54, 1.807) is 17.3 Å². The van der Waals surface area contributed by atoms with Crippen molar-refractivity contribution >= 4 is 16.7 Å². The molecule has 0 radical (unpaired) electrons. The lowest BCUT2D eigenvalue weighted by atomic mass is 9.84. The van der Waals surface area contributed by atoms with Gasteiger partial charge in [-0.1, -0.05) is 6.42 Å². The van der Waals surface area contributed by atoms with Crippen molar-refractivity contribution in [3.8, 4) is 0 Å². The Balaban J connectivity index is 2.12. The van der Waals surface area contributed by atoms with Crippen molar-refractivity contribution in [3.05, 3.63) is 6.33 Å². The zero-order chi connectivity index (χ0) is 10.2. The highest BCUT2D eigenvalue weighted by molar-refractivity contribution is 7.85. The van der Waals surface area contributed by atoms with Crippen LogP contribution in [0.15, 0.2) is 6.33 Å². The molecular formula is C8H14N4OS. The predicted molar refractivity (Wildman–Crippen MR) is 55.1 cm³/mol. The summed E-state index contributed by atoms with van der Waals surface area (Å²) in [6.45, 7) is 0.667. The van der Waals surface area contributed by atoms with Crippen LogP contribution in [0.2, 0.25) is 0 Å². The van der Waals surface area contributed by atoms with E-state index in [9.17, 15) is 4.21 Å². The molecule has 1 heterocycles. The van der Waals surface area contributed by atoms with E-state index in [1.165, 1.54) is 0 Å². The van der Waals surface area contributed by atoms with E-state index in [0.29, 0.717) is 6.54 Å². The molecule has 14 heavy (non-hydrogen) atoms. The molecule has 1 fully saturated rings. The molecule has 1 unspecified atom stereocenters. The molecule has 0 bridgehead atoms. The number of hydrogen-bond donors (Lipinski definition) is 1. The Bertz CT molecular complexity index is 358. The van der Waals surface area contributed by atoms with E-state index < -0.39 is 10.8 Å². The summed E-state index contributed by atoms with van der Waals surface area (Å²) in [5, 5.41) is 4.01. The molecule has 1 aromatic rings. The van der Waals surface area contributed by atoms with Crippen LogP contribution < -0.4 is 5.73 Å². The highest BCUT2D eigenvalue weighted by Crippen LogP contribution is 2.38. The van der Waals surface area contributed by atoms with Gasteiger partial charge in [-0.05, 0) is 12.8 Å². The van der Waals surface area contributed by atoms with Crippen LogP contribution >= 0.6 is 0 Å². The van der Waals surface area contributed by atoms with Gasteiger partial charge in [-0.15, -0.1) is 5.10 Å². The number of nitrogen functional groups attached to an aromatic ring is 1. The third-order valence-corrected chi connectivity index (χ3v) is 4.64. The first kappa shape index (κ1) is 9.64. The van der Waals surface area contributed by atoms with Gasteiger partial charge in [0.2, 0.25) is 5.95 Å². The Morgan fingerprint density at radius 2 is 2.43 bits per heavy atom. The smallest absolute Gasteiger partial charge is 0.239 e. The number of nitrogens with two attached hydrogens (primary N) is 1. The van der Waals surface area contributed by atoms with Gasteiger partial charge in [0.15, 0.2) is 0 Å². The molecule has 2 rings (SSSR count). The Morgan fingerprint density at radius 3 is 2.79 bits per heavy atom. The first-order valence-electron chi connectivity index (χ1n) is 4.61. The summed E-state index contributed by atoms with van der Waals surface area (Å²) in [6.07, 6.45) is 6.54. The van der Waals surface area contributed by atoms with Crippen LogP contribution in [0, 0.1) is 0 Å². The molecule has 0 amide bonds. The van der Waals surface area contributed by atoms with Crippen LogP contribution in [0.3, 0.4) is 0 Å². The number of rotatable bonds is 3. The summed E-state index contributed by atoms with van der Waals surface area (Å²) >= 11 is 0. The minimum atomic E-state index is -0.803. The van der Waals surface area contributed by atoms with Crippen LogP contribution in [0.5, 0.6) is 0 Å². The second-order valence-electron chi connectivity index (χ2n) is 3.79. The molecule has 1 aliphatic rings. The SMILES string of the molecule is CS(=O)C1(Cn2cnc(N)n2)CCC1. The van der Waals surface area contributed by atoms with E-state index in [-0.39, 0.29) is 10.7 Å². The maximum absolute atomic E-state index is 11.6. The van der Waals surface area contributed by atoms with Gasteiger partial charge in [-0.25, -0.2) is 9.67 Å². The number of aromatic nitrogens is 3. The zero-order valence-electron chi connectivity index (χ0n) is 8.14. The molecule has 0 aliphatic heterocycles. The van der Waals surface area contributed by atoms with Crippen molar-refractivity contribution in [3.63, 3.8) is 0 Å². The maximum atomic E-state index is 11.6. The summed E-state index contributed by atoms with van der Waals surface area (Å²) in [6, 6.07) is 0. The van der Waals surface area contributed by atoms with E-state index >= 15 is 0 Å². The lowest BCUT2D eigenvalue weighted by molar-refractivity contribution is 0.301. The molecule has 1 aliphatic carbocycles. The monoisotopic (exact) mass is 214 g/mol. The maximum Gasteiger partial charge on any atom is 0.239 e. The normalized spacial score (nSPS) is 21.5. The summed E-state index contributed by atoms with van der Waals surface area (Å²) in [5.41, 5.74) is 5.41. The third-order valence-electron chi connectivity index (χ3n) is 2.88. The Labute approximate surface area is 85.2 Å². The minimum Gasteiger partial charge on any atom is -0.367 e. The molecule has 0 saturated heterocycles. The van der Waals surface area contributed by atoms with Crippen molar-refractivity contribution in [2.45, 2.75) is 30.6 Å². The van der Waals surface area contributed by atoms with Gasteiger partial charge in [0.1, 0.15) is 6.33 Å². The molecule has 78 valence electrons. The first-order valence-corrected chi connectivity index (χ1v) is 6.17. The third kappa shape index (κ3) is 1.54. The average molecular weight is 214 g/mol. The largest absolute Gasteiger partial charge is 0.367 e. The molecule has 2 N–H and O–H groups in total. The lowest BCUT2D eigenvalue weighted by Crippen LogP contribution is -2.45. The molecule has 0 spiro atoms. The van der Waals surface area contributed by atoms with Crippen molar-refractivity contribution in [2.75, 3.05) is 12.0 Å².